The van der Waals surface area contributed by atoms with Crippen LogP contribution in [0.4, 0.5) is 0 Å². The van der Waals surface area contributed by atoms with Crippen LogP contribution in [0, 0.1) is 0 Å². The largest absolute Gasteiger partial charge is 0.348 e. The second-order valence-electron chi connectivity index (χ2n) is 2.54. The van der Waals surface area contributed by atoms with Crippen molar-refractivity contribution in [2.75, 3.05) is 0 Å². The van der Waals surface area contributed by atoms with Gasteiger partial charge in [-0.2, -0.15) is 0 Å². The molecule has 1 atom stereocenters. The van der Waals surface area contributed by atoms with E-state index in [1.54, 1.807) is 12.4 Å². The molecule has 0 aliphatic rings. The van der Waals surface area contributed by atoms with Crippen molar-refractivity contribution in [3.8, 4) is 0 Å². The standard InChI is InChI=1S/C7H8Cl3NSi/c1-6(12(8,9)10)7-2-4-11-5-3-7/h2-6H,1H3. The van der Waals surface area contributed by atoms with E-state index in [0.29, 0.717) is 0 Å². The summed E-state index contributed by atoms with van der Waals surface area (Å²) in [4.78, 5) is 3.90. The fourth-order valence-electron chi connectivity index (χ4n) is 0.841. The zero-order valence-electron chi connectivity index (χ0n) is 6.47. The van der Waals surface area contributed by atoms with E-state index in [9.17, 15) is 0 Å². The first kappa shape index (κ1) is 10.3. The van der Waals surface area contributed by atoms with Gasteiger partial charge in [-0.3, -0.25) is 4.98 Å². The molecule has 0 radical (unpaired) electrons. The molecule has 0 saturated carbocycles. The molecule has 0 aliphatic heterocycles. The third-order valence-corrected chi connectivity index (χ3v) is 5.96. The predicted molar refractivity (Wildman–Crippen MR) is 56.0 cm³/mol. The molecule has 0 fully saturated rings. The molecule has 0 N–H and O–H groups in total. The van der Waals surface area contributed by atoms with Crippen molar-refractivity contribution in [2.45, 2.75) is 12.5 Å². The van der Waals surface area contributed by atoms with Crippen LogP contribution in [0.3, 0.4) is 0 Å². The van der Waals surface area contributed by atoms with Crippen LogP contribution in [-0.2, 0) is 0 Å². The molecular formula is C7H8Cl3NSi. The maximum absolute atomic E-state index is 5.87. The Balaban J connectivity index is 2.86. The molecule has 1 unspecified atom stereocenters. The highest BCUT2D eigenvalue weighted by Crippen LogP contribution is 2.35. The summed E-state index contributed by atoms with van der Waals surface area (Å²) in [5.74, 6) is 0. The Hall–Kier alpha value is 0.237. The summed E-state index contributed by atoms with van der Waals surface area (Å²) in [7, 11) is 0. The first-order valence-electron chi connectivity index (χ1n) is 3.48. The average molecular weight is 241 g/mol. The van der Waals surface area contributed by atoms with Gasteiger partial charge in [0, 0.05) is 17.9 Å². The van der Waals surface area contributed by atoms with Crippen LogP contribution in [0.25, 0.3) is 0 Å². The molecule has 1 heterocycles. The summed E-state index contributed by atoms with van der Waals surface area (Å²) in [6.45, 7) is 1.93. The number of aromatic nitrogens is 1. The van der Waals surface area contributed by atoms with Crippen molar-refractivity contribution in [1.82, 2.24) is 4.98 Å². The lowest BCUT2D eigenvalue weighted by molar-refractivity contribution is 1.05. The highest BCUT2D eigenvalue weighted by molar-refractivity contribution is 7.65. The lowest BCUT2D eigenvalue weighted by Crippen LogP contribution is -2.20. The molecule has 66 valence electrons. The molecule has 1 nitrogen and oxygen atoms in total. The number of halogens is 3. The van der Waals surface area contributed by atoms with Gasteiger partial charge in [-0.15, -0.1) is 33.2 Å². The van der Waals surface area contributed by atoms with Gasteiger partial charge in [0.05, 0.1) is 0 Å². The molecule has 0 bridgehead atoms. The molecule has 0 aliphatic carbocycles. The van der Waals surface area contributed by atoms with Crippen molar-refractivity contribution in [1.29, 1.82) is 0 Å². The Morgan fingerprint density at radius 1 is 1.25 bits per heavy atom. The van der Waals surface area contributed by atoms with Gasteiger partial charge < -0.3 is 0 Å². The molecule has 0 saturated heterocycles. The summed E-state index contributed by atoms with van der Waals surface area (Å²) in [6.07, 6.45) is 3.41. The van der Waals surface area contributed by atoms with Crippen molar-refractivity contribution in [2.24, 2.45) is 0 Å². The molecule has 0 spiro atoms. The molecule has 0 aromatic carbocycles. The van der Waals surface area contributed by atoms with Crippen molar-refractivity contribution >= 4 is 39.2 Å². The third kappa shape index (κ3) is 2.63. The zero-order chi connectivity index (χ0) is 9.19. The summed E-state index contributed by atoms with van der Waals surface area (Å²) in [5.41, 5.74) is 1.06. The molecule has 1 aromatic heterocycles. The minimum absolute atomic E-state index is 0.0190. The quantitative estimate of drug-likeness (QED) is 0.570. The number of pyridine rings is 1. The second-order valence-corrected chi connectivity index (χ2v) is 11.6. The van der Waals surface area contributed by atoms with Gasteiger partial charge in [0.1, 0.15) is 0 Å². The molecule has 12 heavy (non-hydrogen) atoms. The molecule has 0 amide bonds. The molecule has 5 heteroatoms. The lowest BCUT2D eigenvalue weighted by atomic mass is 10.2. The number of hydrogen-bond acceptors (Lipinski definition) is 1. The van der Waals surface area contributed by atoms with Crippen molar-refractivity contribution in [3.63, 3.8) is 0 Å². The fourth-order valence-corrected chi connectivity index (χ4v) is 2.55. The van der Waals surface area contributed by atoms with Crippen LogP contribution in [0.5, 0.6) is 0 Å². The van der Waals surface area contributed by atoms with E-state index in [0.717, 1.165) is 5.56 Å². The summed E-state index contributed by atoms with van der Waals surface area (Å²) < 4.78 is 0. The minimum atomic E-state index is -2.61. The van der Waals surface area contributed by atoms with Crippen molar-refractivity contribution < 1.29 is 0 Å². The van der Waals surface area contributed by atoms with E-state index < -0.39 is 6.00 Å². The van der Waals surface area contributed by atoms with E-state index in [1.165, 1.54) is 0 Å². The highest BCUT2D eigenvalue weighted by atomic mass is 35.8. The maximum Gasteiger partial charge on any atom is 0.348 e. The van der Waals surface area contributed by atoms with Crippen LogP contribution in [0.2, 0.25) is 0 Å². The van der Waals surface area contributed by atoms with Crippen LogP contribution in [0.15, 0.2) is 24.5 Å². The Bertz CT molecular complexity index is 247. The van der Waals surface area contributed by atoms with E-state index in [2.05, 4.69) is 4.98 Å². The van der Waals surface area contributed by atoms with E-state index in [1.807, 2.05) is 19.1 Å². The summed E-state index contributed by atoms with van der Waals surface area (Å²) >= 11 is 17.6. The SMILES string of the molecule is CC(c1ccncc1)[Si](Cl)(Cl)Cl. The molecular weight excluding hydrogens is 233 g/mol. The van der Waals surface area contributed by atoms with Crippen LogP contribution in [0.1, 0.15) is 18.0 Å². The lowest BCUT2D eigenvalue weighted by Gasteiger charge is -2.16. The van der Waals surface area contributed by atoms with Gasteiger partial charge in [-0.05, 0) is 17.7 Å². The second kappa shape index (κ2) is 3.96. The minimum Gasteiger partial charge on any atom is -0.265 e. The average Bonchev–Trinajstić information content (AvgIpc) is 2.03. The van der Waals surface area contributed by atoms with Crippen molar-refractivity contribution in [3.05, 3.63) is 30.1 Å². The normalized spacial score (nSPS) is 14.3. The Labute approximate surface area is 86.8 Å². The van der Waals surface area contributed by atoms with E-state index >= 15 is 0 Å². The third-order valence-electron chi connectivity index (χ3n) is 1.70. The summed E-state index contributed by atoms with van der Waals surface area (Å²) in [5, 5.41) is 0. The van der Waals surface area contributed by atoms with Crippen LogP contribution < -0.4 is 0 Å². The Morgan fingerprint density at radius 2 is 1.75 bits per heavy atom. The van der Waals surface area contributed by atoms with Gasteiger partial charge in [-0.25, -0.2) is 0 Å². The van der Waals surface area contributed by atoms with Gasteiger partial charge in [-0.1, -0.05) is 6.92 Å². The number of rotatable bonds is 2. The van der Waals surface area contributed by atoms with Gasteiger partial charge in [0.25, 0.3) is 0 Å². The smallest absolute Gasteiger partial charge is 0.265 e. The number of hydrogen-bond donors (Lipinski definition) is 0. The Kier molecular flexibility index (Phi) is 3.41. The van der Waals surface area contributed by atoms with E-state index in [4.69, 9.17) is 33.2 Å². The molecule has 1 aromatic rings. The first-order valence-corrected chi connectivity index (χ1v) is 8.59. The molecule has 1 rings (SSSR count). The van der Waals surface area contributed by atoms with Gasteiger partial charge in [0.2, 0.25) is 0 Å². The van der Waals surface area contributed by atoms with Gasteiger partial charge >= 0.3 is 6.00 Å². The summed E-state index contributed by atoms with van der Waals surface area (Å²) in [6, 6.07) is 1.14. The van der Waals surface area contributed by atoms with E-state index in [-0.39, 0.29) is 5.54 Å². The highest BCUT2D eigenvalue weighted by Gasteiger charge is 2.34. The zero-order valence-corrected chi connectivity index (χ0v) is 9.74. The van der Waals surface area contributed by atoms with Gasteiger partial charge in [0.15, 0.2) is 0 Å². The Morgan fingerprint density at radius 3 is 2.17 bits per heavy atom. The topological polar surface area (TPSA) is 12.9 Å². The number of nitrogens with zero attached hydrogens (tertiary/aromatic N) is 1. The first-order chi connectivity index (χ1) is 5.52. The maximum atomic E-state index is 5.87. The monoisotopic (exact) mass is 239 g/mol. The van der Waals surface area contributed by atoms with Crippen LogP contribution >= 0.6 is 33.2 Å². The van der Waals surface area contributed by atoms with Crippen LogP contribution in [-0.4, -0.2) is 11.0 Å². The fraction of sp³-hybridized carbons (Fsp3) is 0.286. The predicted octanol–water partition coefficient (Wildman–Crippen LogP) is 3.38.